The summed E-state index contributed by atoms with van der Waals surface area (Å²) < 4.78 is 49.3. The number of carbonyl (C=O) groups is 1. The van der Waals surface area contributed by atoms with Crippen molar-refractivity contribution in [2.75, 3.05) is 38.2 Å². The molecule has 132 valence electrons. The molecule has 2 N–H and O–H groups in total. The van der Waals surface area contributed by atoms with Crippen LogP contribution in [0.1, 0.15) is 18.4 Å². The first-order chi connectivity index (χ1) is 11.4. The molecule has 2 fully saturated rings. The van der Waals surface area contributed by atoms with E-state index in [9.17, 15) is 18.0 Å². The van der Waals surface area contributed by atoms with E-state index in [1.54, 1.807) is 0 Å². The lowest BCUT2D eigenvalue weighted by Gasteiger charge is -2.34. The number of rotatable bonds is 3. The van der Waals surface area contributed by atoms with Gasteiger partial charge in [0.2, 0.25) is 0 Å². The molecule has 1 aromatic rings. The van der Waals surface area contributed by atoms with Crippen molar-refractivity contribution in [2.24, 2.45) is 0 Å². The van der Waals surface area contributed by atoms with Crippen LogP contribution in [0.15, 0.2) is 24.3 Å². The largest absolute Gasteiger partial charge is 0.416 e. The molecule has 8 heteroatoms. The minimum atomic E-state index is -4.42. The lowest BCUT2D eigenvalue weighted by Crippen LogP contribution is -3.14. The van der Waals surface area contributed by atoms with Gasteiger partial charge in [-0.1, -0.05) is 6.07 Å². The van der Waals surface area contributed by atoms with Crippen LogP contribution >= 0.6 is 0 Å². The predicted molar refractivity (Wildman–Crippen MR) is 79.5 cm³/mol. The van der Waals surface area contributed by atoms with Crippen LogP contribution in [0.2, 0.25) is 0 Å². The van der Waals surface area contributed by atoms with E-state index in [-0.39, 0.29) is 18.1 Å². The van der Waals surface area contributed by atoms with Crippen molar-refractivity contribution in [2.45, 2.75) is 24.8 Å². The third-order valence-corrected chi connectivity index (χ3v) is 4.42. The van der Waals surface area contributed by atoms with Crippen LogP contribution in [0.3, 0.4) is 0 Å². The average molecular weight is 345 g/mol. The average Bonchev–Trinajstić information content (AvgIpc) is 2.98. The van der Waals surface area contributed by atoms with Gasteiger partial charge in [-0.25, -0.2) is 0 Å². The number of carbonyl (C=O) groups excluding carboxylic acids is 1. The molecule has 5 nitrogen and oxygen atoms in total. The molecule has 2 heterocycles. The van der Waals surface area contributed by atoms with E-state index in [1.807, 2.05) is 0 Å². The van der Waals surface area contributed by atoms with Crippen LogP contribution in [0.5, 0.6) is 0 Å². The maximum Gasteiger partial charge on any atom is 0.416 e. The molecule has 0 aliphatic carbocycles. The molecule has 0 unspecified atom stereocenters. The fraction of sp³-hybridized carbons (Fsp3) is 0.562. The number of amides is 1. The number of nitrogens with one attached hydrogen (secondary N) is 2. The van der Waals surface area contributed by atoms with E-state index in [0.717, 1.165) is 43.0 Å². The Morgan fingerprint density at radius 1 is 1.21 bits per heavy atom. The first kappa shape index (κ1) is 17.2. The second kappa shape index (κ2) is 6.70. The van der Waals surface area contributed by atoms with Gasteiger partial charge >= 0.3 is 6.18 Å². The summed E-state index contributed by atoms with van der Waals surface area (Å²) in [7, 11) is 0. The highest BCUT2D eigenvalue weighted by Gasteiger charge is 2.42. The number of piperidine rings is 1. The van der Waals surface area contributed by atoms with Crippen molar-refractivity contribution in [3.8, 4) is 0 Å². The number of hydrogen-bond acceptors (Lipinski definition) is 3. The number of hydrogen-bond donors (Lipinski definition) is 2. The number of halogens is 3. The SMILES string of the molecule is O=C(C[NH+]1CCC2(CC1)OCCO2)Nc1cccc(C(F)(F)F)c1. The molecule has 2 aliphatic rings. The Kier molecular flexibility index (Phi) is 4.80. The van der Waals surface area contributed by atoms with E-state index in [2.05, 4.69) is 5.32 Å². The molecule has 24 heavy (non-hydrogen) atoms. The highest BCUT2D eigenvalue weighted by atomic mass is 19.4. The topological polar surface area (TPSA) is 52.0 Å². The van der Waals surface area contributed by atoms with Crippen molar-refractivity contribution in [3.05, 3.63) is 29.8 Å². The molecule has 0 saturated carbocycles. The summed E-state index contributed by atoms with van der Waals surface area (Å²) in [6.07, 6.45) is -2.98. The summed E-state index contributed by atoms with van der Waals surface area (Å²) in [6, 6.07) is 4.66. The zero-order valence-corrected chi connectivity index (χ0v) is 13.1. The van der Waals surface area contributed by atoms with Crippen LogP contribution in [0.4, 0.5) is 18.9 Å². The van der Waals surface area contributed by atoms with Crippen LogP contribution in [-0.2, 0) is 20.4 Å². The van der Waals surface area contributed by atoms with Gasteiger partial charge < -0.3 is 19.7 Å². The Balaban J connectivity index is 1.51. The Morgan fingerprint density at radius 3 is 2.50 bits per heavy atom. The molecule has 0 atom stereocenters. The van der Waals surface area contributed by atoms with Crippen molar-refractivity contribution in [3.63, 3.8) is 0 Å². The van der Waals surface area contributed by atoms with Gasteiger partial charge in [0, 0.05) is 5.69 Å². The van der Waals surface area contributed by atoms with Gasteiger partial charge in [-0.2, -0.15) is 13.2 Å². The van der Waals surface area contributed by atoms with Crippen molar-refractivity contribution >= 4 is 11.6 Å². The van der Waals surface area contributed by atoms with Crippen LogP contribution in [0, 0.1) is 0 Å². The zero-order valence-electron chi connectivity index (χ0n) is 13.1. The molecular formula is C16H20F3N2O3+. The summed E-state index contributed by atoms with van der Waals surface area (Å²) in [6.45, 7) is 2.88. The fourth-order valence-electron chi connectivity index (χ4n) is 3.15. The lowest BCUT2D eigenvalue weighted by atomic mass is 10.0. The lowest BCUT2D eigenvalue weighted by molar-refractivity contribution is -0.900. The summed E-state index contributed by atoms with van der Waals surface area (Å²) >= 11 is 0. The molecule has 1 amide bonds. The molecule has 0 aromatic heterocycles. The van der Waals surface area contributed by atoms with E-state index in [4.69, 9.17) is 9.47 Å². The van der Waals surface area contributed by atoms with Gasteiger partial charge in [-0.05, 0) is 18.2 Å². The minimum absolute atomic E-state index is 0.158. The van der Waals surface area contributed by atoms with Crippen molar-refractivity contribution in [1.82, 2.24) is 0 Å². The number of anilines is 1. The molecule has 1 spiro atoms. The van der Waals surface area contributed by atoms with Crippen molar-refractivity contribution in [1.29, 1.82) is 0 Å². The summed E-state index contributed by atoms with van der Waals surface area (Å²) in [5.41, 5.74) is -0.617. The Labute approximate surface area is 137 Å². The zero-order chi connectivity index (χ0) is 17.2. The van der Waals surface area contributed by atoms with Gasteiger partial charge in [-0.15, -0.1) is 0 Å². The van der Waals surface area contributed by atoms with Crippen LogP contribution in [0.25, 0.3) is 0 Å². The smallest absolute Gasteiger partial charge is 0.347 e. The van der Waals surface area contributed by atoms with Crippen molar-refractivity contribution < 1.29 is 32.3 Å². The second-order valence-electron chi connectivity index (χ2n) is 6.16. The highest BCUT2D eigenvalue weighted by molar-refractivity contribution is 5.91. The molecule has 1 aromatic carbocycles. The van der Waals surface area contributed by atoms with Gasteiger partial charge in [0.1, 0.15) is 0 Å². The van der Waals surface area contributed by atoms with Crippen LogP contribution in [-0.4, -0.2) is 44.5 Å². The third-order valence-electron chi connectivity index (χ3n) is 4.42. The van der Waals surface area contributed by atoms with E-state index in [0.29, 0.717) is 13.2 Å². The standard InChI is InChI=1S/C16H19F3N2O3/c17-16(18,19)12-2-1-3-13(10-12)20-14(22)11-21-6-4-15(5-7-21)23-8-9-24-15/h1-3,10H,4-9,11H2,(H,20,22)/p+1. The molecular weight excluding hydrogens is 325 g/mol. The first-order valence-electron chi connectivity index (χ1n) is 7.95. The molecule has 3 rings (SSSR count). The predicted octanol–water partition coefficient (Wildman–Crippen LogP) is 1.07. The minimum Gasteiger partial charge on any atom is -0.347 e. The maximum atomic E-state index is 12.7. The molecule has 0 radical (unpaired) electrons. The summed E-state index contributed by atoms with van der Waals surface area (Å²) in [5, 5.41) is 2.54. The number of likely N-dealkylation sites (tertiary alicyclic amines) is 1. The molecule has 2 aliphatic heterocycles. The van der Waals surface area contributed by atoms with Gasteiger partial charge in [0.15, 0.2) is 12.3 Å². The third kappa shape index (κ3) is 4.06. The van der Waals surface area contributed by atoms with E-state index < -0.39 is 17.5 Å². The Hall–Kier alpha value is -1.64. The molecule has 0 bridgehead atoms. The maximum absolute atomic E-state index is 12.7. The van der Waals surface area contributed by atoms with E-state index >= 15 is 0 Å². The Bertz CT molecular complexity index is 590. The summed E-state index contributed by atoms with van der Waals surface area (Å²) in [5.74, 6) is -0.783. The van der Waals surface area contributed by atoms with E-state index in [1.165, 1.54) is 12.1 Å². The first-order valence-corrected chi connectivity index (χ1v) is 7.95. The van der Waals surface area contributed by atoms with Gasteiger partial charge in [0.25, 0.3) is 5.91 Å². The fourth-order valence-corrected chi connectivity index (χ4v) is 3.15. The normalized spacial score (nSPS) is 21.1. The number of quaternary nitrogens is 1. The van der Waals surface area contributed by atoms with Gasteiger partial charge in [0.05, 0.1) is 44.7 Å². The van der Waals surface area contributed by atoms with Crippen LogP contribution < -0.4 is 10.2 Å². The second-order valence-corrected chi connectivity index (χ2v) is 6.16. The van der Waals surface area contributed by atoms with Gasteiger partial charge in [-0.3, -0.25) is 4.79 Å². The number of ether oxygens (including phenoxy) is 2. The highest BCUT2D eigenvalue weighted by Crippen LogP contribution is 2.30. The Morgan fingerprint density at radius 2 is 1.88 bits per heavy atom. The monoisotopic (exact) mass is 345 g/mol. The molecule has 2 saturated heterocycles. The number of benzene rings is 1. The number of alkyl halides is 3. The quantitative estimate of drug-likeness (QED) is 0.862. The summed E-state index contributed by atoms with van der Waals surface area (Å²) in [4.78, 5) is 13.2.